The summed E-state index contributed by atoms with van der Waals surface area (Å²) < 4.78 is 4.77. The van der Waals surface area contributed by atoms with Gasteiger partial charge in [-0.05, 0) is 36.6 Å². The van der Waals surface area contributed by atoms with Gasteiger partial charge in [-0.15, -0.1) is 0 Å². The van der Waals surface area contributed by atoms with Gasteiger partial charge >= 0.3 is 5.97 Å². The second kappa shape index (κ2) is 5.25. The van der Waals surface area contributed by atoms with Crippen LogP contribution in [-0.2, 0) is 4.74 Å². The van der Waals surface area contributed by atoms with E-state index in [4.69, 9.17) is 10.5 Å². The van der Waals surface area contributed by atoms with Crippen LogP contribution in [0.4, 0.5) is 5.69 Å². The van der Waals surface area contributed by atoms with Crippen molar-refractivity contribution in [3.05, 3.63) is 47.0 Å². The number of rotatable bonds is 2. The molecule has 2 aromatic carbocycles. The minimum atomic E-state index is -0.601. The number of benzene rings is 2. The third kappa shape index (κ3) is 2.20. The summed E-state index contributed by atoms with van der Waals surface area (Å²) in [6.45, 7) is 3.62. The molecule has 2 aromatic rings. The van der Waals surface area contributed by atoms with Crippen LogP contribution < -0.4 is 5.73 Å². The zero-order chi connectivity index (χ0) is 14.9. The number of aryl methyl sites for hydroxylation is 2. The van der Waals surface area contributed by atoms with E-state index < -0.39 is 5.97 Å². The maximum Gasteiger partial charge on any atom is 0.342 e. The van der Waals surface area contributed by atoms with Crippen LogP contribution in [0.5, 0.6) is 5.75 Å². The molecule has 0 aliphatic carbocycles. The van der Waals surface area contributed by atoms with E-state index in [1.807, 2.05) is 31.2 Å². The van der Waals surface area contributed by atoms with E-state index >= 15 is 0 Å². The van der Waals surface area contributed by atoms with E-state index in [2.05, 4.69) is 0 Å². The summed E-state index contributed by atoms with van der Waals surface area (Å²) in [7, 11) is 1.28. The van der Waals surface area contributed by atoms with Gasteiger partial charge in [0.15, 0.2) is 0 Å². The first-order valence-electron chi connectivity index (χ1n) is 6.23. The van der Waals surface area contributed by atoms with Crippen molar-refractivity contribution in [2.75, 3.05) is 12.8 Å². The van der Waals surface area contributed by atoms with Crippen molar-refractivity contribution < 1.29 is 14.6 Å². The predicted molar refractivity (Wildman–Crippen MR) is 78.8 cm³/mol. The first-order valence-corrected chi connectivity index (χ1v) is 6.23. The molecule has 4 nitrogen and oxygen atoms in total. The average Bonchev–Trinajstić information content (AvgIpc) is 2.43. The van der Waals surface area contributed by atoms with E-state index in [9.17, 15) is 9.90 Å². The zero-order valence-corrected chi connectivity index (χ0v) is 11.7. The topological polar surface area (TPSA) is 72.5 Å². The zero-order valence-electron chi connectivity index (χ0n) is 11.7. The number of phenolic OH excluding ortho intramolecular Hbond substituents is 1. The van der Waals surface area contributed by atoms with Crippen LogP contribution >= 0.6 is 0 Å². The van der Waals surface area contributed by atoms with Crippen LogP contribution in [0.2, 0.25) is 0 Å². The molecule has 0 atom stereocenters. The minimum absolute atomic E-state index is 0.0932. The summed E-state index contributed by atoms with van der Waals surface area (Å²) in [6.07, 6.45) is 0. The van der Waals surface area contributed by atoms with Crippen molar-refractivity contribution in [1.82, 2.24) is 0 Å². The lowest BCUT2D eigenvalue weighted by atomic mass is 9.92. The minimum Gasteiger partial charge on any atom is -0.507 e. The Morgan fingerprint density at radius 1 is 1.20 bits per heavy atom. The number of hydrogen-bond acceptors (Lipinski definition) is 4. The summed E-state index contributed by atoms with van der Waals surface area (Å²) in [6, 6.07) is 9.21. The van der Waals surface area contributed by atoms with Gasteiger partial charge in [0, 0.05) is 11.3 Å². The maximum absolute atomic E-state index is 12.0. The SMILES string of the molecule is COC(=O)c1c(O)c(C)cc(N)c1-c1ccccc1C. The van der Waals surface area contributed by atoms with E-state index in [0.29, 0.717) is 16.8 Å². The van der Waals surface area contributed by atoms with Crippen molar-refractivity contribution in [3.63, 3.8) is 0 Å². The molecule has 0 radical (unpaired) electrons. The van der Waals surface area contributed by atoms with Crippen LogP contribution in [-0.4, -0.2) is 18.2 Å². The summed E-state index contributed by atoms with van der Waals surface area (Å²) in [4.78, 5) is 12.0. The Morgan fingerprint density at radius 3 is 2.45 bits per heavy atom. The first kappa shape index (κ1) is 13.9. The quantitative estimate of drug-likeness (QED) is 0.500. The van der Waals surface area contributed by atoms with Crippen molar-refractivity contribution in [2.24, 2.45) is 0 Å². The highest BCUT2D eigenvalue weighted by molar-refractivity contribution is 6.04. The Morgan fingerprint density at radius 2 is 1.85 bits per heavy atom. The highest BCUT2D eigenvalue weighted by Crippen LogP contribution is 2.39. The van der Waals surface area contributed by atoms with Crippen LogP contribution in [0.25, 0.3) is 11.1 Å². The number of carbonyl (C=O) groups is 1. The molecular formula is C16H17NO3. The van der Waals surface area contributed by atoms with Crippen LogP contribution in [0.1, 0.15) is 21.5 Å². The van der Waals surface area contributed by atoms with Gasteiger partial charge in [0.1, 0.15) is 11.3 Å². The van der Waals surface area contributed by atoms with Gasteiger partial charge in [-0.25, -0.2) is 4.79 Å². The molecule has 0 aromatic heterocycles. The molecule has 4 heteroatoms. The fourth-order valence-corrected chi connectivity index (χ4v) is 2.28. The summed E-state index contributed by atoms with van der Waals surface area (Å²) >= 11 is 0. The number of nitrogen functional groups attached to an aromatic ring is 1. The van der Waals surface area contributed by atoms with Gasteiger partial charge in [0.05, 0.1) is 7.11 Å². The largest absolute Gasteiger partial charge is 0.507 e. The standard InChI is InChI=1S/C16H17NO3/c1-9-6-4-5-7-11(9)13-12(17)8-10(2)15(18)14(13)16(19)20-3/h4-8,18H,17H2,1-3H3. The number of esters is 1. The number of nitrogens with two attached hydrogens (primary N) is 1. The first-order chi connectivity index (χ1) is 9.47. The summed E-state index contributed by atoms with van der Waals surface area (Å²) in [5.41, 5.74) is 9.44. The number of aromatic hydroxyl groups is 1. The third-order valence-electron chi connectivity index (χ3n) is 3.32. The van der Waals surface area contributed by atoms with E-state index in [1.165, 1.54) is 7.11 Å². The van der Waals surface area contributed by atoms with Gasteiger partial charge in [-0.1, -0.05) is 24.3 Å². The normalized spacial score (nSPS) is 10.3. The molecular weight excluding hydrogens is 254 g/mol. The fourth-order valence-electron chi connectivity index (χ4n) is 2.28. The molecule has 0 saturated carbocycles. The van der Waals surface area contributed by atoms with E-state index in [-0.39, 0.29) is 11.3 Å². The Labute approximate surface area is 117 Å². The van der Waals surface area contributed by atoms with Gasteiger partial charge in [0.2, 0.25) is 0 Å². The van der Waals surface area contributed by atoms with Crippen LogP contribution in [0, 0.1) is 13.8 Å². The Kier molecular flexibility index (Phi) is 3.66. The second-order valence-corrected chi connectivity index (χ2v) is 4.69. The van der Waals surface area contributed by atoms with Crippen molar-refractivity contribution in [3.8, 4) is 16.9 Å². The van der Waals surface area contributed by atoms with Crippen molar-refractivity contribution in [1.29, 1.82) is 0 Å². The van der Waals surface area contributed by atoms with Crippen LogP contribution in [0.3, 0.4) is 0 Å². The molecule has 0 unspecified atom stereocenters. The predicted octanol–water partition coefficient (Wildman–Crippen LogP) is 3.04. The molecule has 0 heterocycles. The van der Waals surface area contributed by atoms with Crippen molar-refractivity contribution in [2.45, 2.75) is 13.8 Å². The maximum atomic E-state index is 12.0. The molecule has 0 bridgehead atoms. The molecule has 2 rings (SSSR count). The molecule has 0 amide bonds. The molecule has 20 heavy (non-hydrogen) atoms. The number of methoxy groups -OCH3 is 1. The van der Waals surface area contributed by atoms with Gasteiger partial charge < -0.3 is 15.6 Å². The number of ether oxygens (including phenoxy) is 1. The summed E-state index contributed by atoms with van der Waals surface area (Å²) in [5.74, 6) is -0.694. The lowest BCUT2D eigenvalue weighted by Gasteiger charge is -2.16. The molecule has 0 spiro atoms. The average molecular weight is 271 g/mol. The molecule has 104 valence electrons. The molecule has 3 N–H and O–H groups in total. The smallest absolute Gasteiger partial charge is 0.342 e. The van der Waals surface area contributed by atoms with Gasteiger partial charge in [0.25, 0.3) is 0 Å². The lowest BCUT2D eigenvalue weighted by Crippen LogP contribution is -2.08. The number of carbonyl (C=O) groups excluding carboxylic acids is 1. The Bertz CT molecular complexity index is 678. The van der Waals surface area contributed by atoms with Crippen LogP contribution in [0.15, 0.2) is 30.3 Å². The number of phenols is 1. The third-order valence-corrected chi connectivity index (χ3v) is 3.32. The number of hydrogen-bond donors (Lipinski definition) is 2. The van der Waals surface area contributed by atoms with Gasteiger partial charge in [-0.2, -0.15) is 0 Å². The second-order valence-electron chi connectivity index (χ2n) is 4.69. The van der Waals surface area contributed by atoms with E-state index in [1.54, 1.807) is 13.0 Å². The monoisotopic (exact) mass is 271 g/mol. The molecule has 0 aliphatic heterocycles. The lowest BCUT2D eigenvalue weighted by molar-refractivity contribution is 0.0598. The highest BCUT2D eigenvalue weighted by Gasteiger charge is 2.23. The number of anilines is 1. The summed E-state index contributed by atoms with van der Waals surface area (Å²) in [5, 5.41) is 10.2. The Balaban J connectivity index is 2.85. The van der Waals surface area contributed by atoms with Crippen molar-refractivity contribution >= 4 is 11.7 Å². The molecule has 0 aliphatic rings. The molecule has 0 saturated heterocycles. The van der Waals surface area contributed by atoms with E-state index in [0.717, 1.165) is 11.1 Å². The van der Waals surface area contributed by atoms with Gasteiger partial charge in [-0.3, -0.25) is 0 Å². The fraction of sp³-hybridized carbons (Fsp3) is 0.188. The highest BCUT2D eigenvalue weighted by atomic mass is 16.5. The molecule has 0 fully saturated rings. The Hall–Kier alpha value is -2.49.